The summed E-state index contributed by atoms with van der Waals surface area (Å²) in [7, 11) is 0. The van der Waals surface area contributed by atoms with Gasteiger partial charge in [-0.25, -0.2) is 0 Å². The minimum absolute atomic E-state index is 0.319. The molecule has 176 valence electrons. The third-order valence-electron chi connectivity index (χ3n) is 7.05. The van der Waals surface area contributed by atoms with Crippen LogP contribution in [0.25, 0.3) is 0 Å². The minimum atomic E-state index is 0.319. The quantitative estimate of drug-likeness (QED) is 0.167. The highest BCUT2D eigenvalue weighted by Gasteiger charge is 2.25. The molecule has 0 amide bonds. The van der Waals surface area contributed by atoms with Crippen LogP contribution in [-0.4, -0.2) is 6.04 Å². The average Bonchev–Trinajstić information content (AvgIpc) is 2.70. The molecule has 0 fully saturated rings. The molecule has 0 bridgehead atoms. The molecule has 0 aliphatic rings. The Morgan fingerprint density at radius 1 is 0.483 bits per heavy atom. The van der Waals surface area contributed by atoms with Crippen molar-refractivity contribution in [3.05, 3.63) is 0 Å². The summed E-state index contributed by atoms with van der Waals surface area (Å²) in [6, 6.07) is 0.384. The summed E-state index contributed by atoms with van der Waals surface area (Å²) in [5, 5.41) is 0. The topological polar surface area (TPSA) is 26.0 Å². The summed E-state index contributed by atoms with van der Waals surface area (Å²) in [5.41, 5.74) is 6.90. The van der Waals surface area contributed by atoms with Gasteiger partial charge in [-0.2, -0.15) is 0 Å². The Morgan fingerprint density at radius 3 is 1.17 bits per heavy atom. The van der Waals surface area contributed by atoms with E-state index in [2.05, 4.69) is 27.7 Å². The highest BCUT2D eigenvalue weighted by molar-refractivity contribution is 4.81. The van der Waals surface area contributed by atoms with Crippen LogP contribution in [-0.2, 0) is 0 Å². The van der Waals surface area contributed by atoms with E-state index in [1.54, 1.807) is 0 Å². The summed E-state index contributed by atoms with van der Waals surface area (Å²) >= 11 is 0. The monoisotopic (exact) mass is 409 g/mol. The van der Waals surface area contributed by atoms with E-state index in [-0.39, 0.29) is 0 Å². The van der Waals surface area contributed by atoms with Crippen LogP contribution in [0.1, 0.15) is 169 Å². The summed E-state index contributed by atoms with van der Waals surface area (Å²) in [5.74, 6) is 0. The van der Waals surface area contributed by atoms with Gasteiger partial charge >= 0.3 is 0 Å². The molecule has 0 saturated carbocycles. The van der Waals surface area contributed by atoms with E-state index >= 15 is 0 Å². The number of unbranched alkanes of at least 4 members (excludes halogenated alkanes) is 18. The second-order valence-electron chi connectivity index (χ2n) is 10.5. The normalized spacial score (nSPS) is 13.1. The molecule has 0 aromatic rings. The molecule has 0 spiro atoms. The maximum atomic E-state index is 6.58. The Bertz CT molecular complexity index is 309. The number of hydrogen-bond donors (Lipinski definition) is 1. The summed E-state index contributed by atoms with van der Waals surface area (Å²) in [6.07, 6.45) is 30.9. The standard InChI is InChI=1S/C28H59N/c1-5-7-9-11-13-15-16-17-19-21-23-25-27(29)28(3,4)26-24-22-20-18-14-12-10-8-6-2/h27H,5-26,29H2,1-4H3. The summed E-state index contributed by atoms with van der Waals surface area (Å²) in [4.78, 5) is 0. The first-order valence-corrected chi connectivity index (χ1v) is 13.8. The third kappa shape index (κ3) is 19.7. The van der Waals surface area contributed by atoms with Crippen LogP contribution >= 0.6 is 0 Å². The van der Waals surface area contributed by atoms with E-state index in [0.717, 1.165) is 0 Å². The lowest BCUT2D eigenvalue weighted by Crippen LogP contribution is -2.37. The van der Waals surface area contributed by atoms with Crippen molar-refractivity contribution in [1.29, 1.82) is 0 Å². The predicted octanol–water partition coefficient (Wildman–Crippen LogP) is 9.96. The molecule has 1 nitrogen and oxygen atoms in total. The van der Waals surface area contributed by atoms with Gasteiger partial charge in [-0.05, 0) is 18.3 Å². The van der Waals surface area contributed by atoms with E-state index in [9.17, 15) is 0 Å². The first kappa shape index (κ1) is 29.0. The van der Waals surface area contributed by atoms with Crippen LogP contribution in [0, 0.1) is 5.41 Å². The Hall–Kier alpha value is -0.0400. The van der Waals surface area contributed by atoms with Crippen molar-refractivity contribution in [3.63, 3.8) is 0 Å². The SMILES string of the molecule is CCCCCCCCCCCCCC(N)C(C)(C)CCCCCCCCCCC. The Labute approximate surface area is 186 Å². The predicted molar refractivity (Wildman–Crippen MR) is 135 cm³/mol. The lowest BCUT2D eigenvalue weighted by Gasteiger charge is -2.32. The molecule has 0 aliphatic heterocycles. The fraction of sp³-hybridized carbons (Fsp3) is 1.00. The molecule has 0 aromatic carbocycles. The lowest BCUT2D eigenvalue weighted by molar-refractivity contribution is 0.238. The van der Waals surface area contributed by atoms with Crippen LogP contribution in [0.2, 0.25) is 0 Å². The molecular weight excluding hydrogens is 350 g/mol. The van der Waals surface area contributed by atoms with Gasteiger partial charge in [0.1, 0.15) is 0 Å². The highest BCUT2D eigenvalue weighted by atomic mass is 14.7. The Kier molecular flexibility index (Phi) is 21.2. The number of hydrogen-bond acceptors (Lipinski definition) is 1. The van der Waals surface area contributed by atoms with E-state index < -0.39 is 0 Å². The summed E-state index contributed by atoms with van der Waals surface area (Å²) in [6.45, 7) is 9.40. The van der Waals surface area contributed by atoms with Crippen molar-refractivity contribution >= 4 is 0 Å². The van der Waals surface area contributed by atoms with Gasteiger partial charge in [0.25, 0.3) is 0 Å². The molecule has 0 radical (unpaired) electrons. The van der Waals surface area contributed by atoms with Gasteiger partial charge in [-0.3, -0.25) is 0 Å². The van der Waals surface area contributed by atoms with Crippen LogP contribution in [0.15, 0.2) is 0 Å². The van der Waals surface area contributed by atoms with Crippen LogP contribution < -0.4 is 5.73 Å². The van der Waals surface area contributed by atoms with Crippen LogP contribution in [0.3, 0.4) is 0 Å². The van der Waals surface area contributed by atoms with Crippen molar-refractivity contribution in [1.82, 2.24) is 0 Å². The molecular formula is C28H59N. The van der Waals surface area contributed by atoms with Crippen molar-refractivity contribution in [2.24, 2.45) is 11.1 Å². The van der Waals surface area contributed by atoms with Crippen LogP contribution in [0.5, 0.6) is 0 Å². The maximum Gasteiger partial charge on any atom is 0.00902 e. The molecule has 1 unspecified atom stereocenters. The van der Waals surface area contributed by atoms with Gasteiger partial charge in [-0.15, -0.1) is 0 Å². The van der Waals surface area contributed by atoms with E-state index in [0.29, 0.717) is 11.5 Å². The zero-order valence-electron chi connectivity index (χ0n) is 21.2. The molecule has 0 aromatic heterocycles. The largest absolute Gasteiger partial charge is 0.327 e. The fourth-order valence-corrected chi connectivity index (χ4v) is 4.50. The lowest BCUT2D eigenvalue weighted by atomic mass is 9.78. The first-order valence-electron chi connectivity index (χ1n) is 13.8. The molecule has 1 atom stereocenters. The Balaban J connectivity index is 3.48. The second-order valence-corrected chi connectivity index (χ2v) is 10.5. The summed E-state index contributed by atoms with van der Waals surface area (Å²) < 4.78 is 0. The van der Waals surface area contributed by atoms with Gasteiger partial charge in [0.05, 0.1) is 0 Å². The van der Waals surface area contributed by atoms with E-state index in [1.807, 2.05) is 0 Å². The van der Waals surface area contributed by atoms with Crippen molar-refractivity contribution < 1.29 is 0 Å². The first-order chi connectivity index (χ1) is 14.0. The molecule has 2 N–H and O–H groups in total. The van der Waals surface area contributed by atoms with Crippen molar-refractivity contribution in [2.75, 3.05) is 0 Å². The molecule has 1 heteroatoms. The van der Waals surface area contributed by atoms with Crippen molar-refractivity contribution in [2.45, 2.75) is 175 Å². The second kappa shape index (κ2) is 21.2. The van der Waals surface area contributed by atoms with Gasteiger partial charge in [0.2, 0.25) is 0 Å². The average molecular weight is 410 g/mol. The molecule has 0 aliphatic carbocycles. The molecule has 0 saturated heterocycles. The van der Waals surface area contributed by atoms with Crippen LogP contribution in [0.4, 0.5) is 0 Å². The fourth-order valence-electron chi connectivity index (χ4n) is 4.50. The van der Waals surface area contributed by atoms with Gasteiger partial charge in [0, 0.05) is 6.04 Å². The maximum absolute atomic E-state index is 6.58. The van der Waals surface area contributed by atoms with Gasteiger partial charge in [-0.1, -0.05) is 156 Å². The zero-order chi connectivity index (χ0) is 21.6. The van der Waals surface area contributed by atoms with Gasteiger partial charge < -0.3 is 5.73 Å². The molecule has 0 rings (SSSR count). The smallest absolute Gasteiger partial charge is 0.00902 e. The highest BCUT2D eigenvalue weighted by Crippen LogP contribution is 2.30. The van der Waals surface area contributed by atoms with E-state index in [1.165, 1.54) is 141 Å². The number of nitrogens with two attached hydrogens (primary N) is 1. The minimum Gasteiger partial charge on any atom is -0.327 e. The van der Waals surface area contributed by atoms with E-state index in [4.69, 9.17) is 5.73 Å². The molecule has 0 heterocycles. The zero-order valence-corrected chi connectivity index (χ0v) is 21.2. The number of rotatable bonds is 23. The third-order valence-corrected chi connectivity index (χ3v) is 7.05. The Morgan fingerprint density at radius 2 is 0.793 bits per heavy atom. The molecule has 29 heavy (non-hydrogen) atoms. The van der Waals surface area contributed by atoms with Crippen molar-refractivity contribution in [3.8, 4) is 0 Å². The van der Waals surface area contributed by atoms with Gasteiger partial charge in [0.15, 0.2) is 0 Å².